The predicted octanol–water partition coefficient (Wildman–Crippen LogP) is -4.97. The number of aliphatic carboxylic acids is 1. The maximum Gasteiger partial charge on any atom is 0.331 e. The Kier molecular flexibility index (Phi) is 13.2. The van der Waals surface area contributed by atoms with Crippen LogP contribution in [0.1, 0.15) is 40.0 Å². The molecule has 0 aromatic rings. The molecule has 0 radical (unpaired) electrons. The highest BCUT2D eigenvalue weighted by Gasteiger charge is 2.44. The van der Waals surface area contributed by atoms with Gasteiger partial charge in [0.15, 0.2) is 12.3 Å². The Morgan fingerprint density at radius 1 is 1.03 bits per heavy atom. The summed E-state index contributed by atoms with van der Waals surface area (Å²) >= 11 is 0. The van der Waals surface area contributed by atoms with E-state index in [1.165, 1.54) is 20.8 Å². The van der Waals surface area contributed by atoms with Crippen molar-refractivity contribution in [3.63, 3.8) is 0 Å². The molecule has 15 nitrogen and oxygen atoms in total. The van der Waals surface area contributed by atoms with Crippen molar-refractivity contribution in [3.8, 4) is 0 Å². The van der Waals surface area contributed by atoms with Crippen LogP contribution in [0.4, 0.5) is 0 Å². The first-order valence-corrected chi connectivity index (χ1v) is 11.4. The third-order valence-corrected chi connectivity index (χ3v) is 5.42. The Balaban J connectivity index is 2.98. The lowest BCUT2D eigenvalue weighted by atomic mass is 10.00. The van der Waals surface area contributed by atoms with Crippen LogP contribution in [0.15, 0.2) is 0 Å². The highest BCUT2D eigenvalue weighted by Crippen LogP contribution is 2.23. The minimum Gasteiger partial charge on any atom is -0.550 e. The maximum absolute atomic E-state index is 12.9. The first-order valence-electron chi connectivity index (χ1n) is 11.4. The molecule has 1 fully saturated rings. The Morgan fingerprint density at radius 3 is 2.22 bits per heavy atom. The fraction of sp³-hybridized carbons (Fsp3) is 0.810. The van der Waals surface area contributed by atoms with Gasteiger partial charge in [0.25, 0.3) is 0 Å². The number of nitrogens with one attached hydrogen (secondary N) is 2. The van der Waals surface area contributed by atoms with Gasteiger partial charge in [0.1, 0.15) is 30.5 Å². The molecule has 1 heterocycles. The van der Waals surface area contributed by atoms with E-state index in [-0.39, 0.29) is 19.4 Å². The molecule has 15 heteroatoms. The van der Waals surface area contributed by atoms with Crippen LogP contribution >= 0.6 is 0 Å². The highest BCUT2D eigenvalue weighted by atomic mass is 16.7. The molecule has 1 aliphatic heterocycles. The Hall–Kier alpha value is -2.40. The zero-order chi connectivity index (χ0) is 27.6. The minimum atomic E-state index is -1.78. The fourth-order valence-electron chi connectivity index (χ4n) is 3.34. The van der Waals surface area contributed by atoms with Crippen LogP contribution in [-0.4, -0.2) is 117 Å². The van der Waals surface area contributed by atoms with Crippen molar-refractivity contribution >= 4 is 23.8 Å². The first-order chi connectivity index (χ1) is 16.8. The van der Waals surface area contributed by atoms with Crippen LogP contribution in [0.25, 0.3) is 0 Å². The van der Waals surface area contributed by atoms with E-state index in [9.17, 15) is 49.8 Å². The van der Waals surface area contributed by atoms with Crippen LogP contribution in [0, 0.1) is 0 Å². The molecular formula is C21H35N2O13-. The highest BCUT2D eigenvalue weighted by molar-refractivity contribution is 5.91. The van der Waals surface area contributed by atoms with E-state index in [2.05, 4.69) is 10.6 Å². The van der Waals surface area contributed by atoms with Gasteiger partial charge in [-0.15, -0.1) is 0 Å². The van der Waals surface area contributed by atoms with Gasteiger partial charge in [-0.25, -0.2) is 4.79 Å². The van der Waals surface area contributed by atoms with Crippen LogP contribution < -0.4 is 15.7 Å². The Morgan fingerprint density at radius 2 is 1.67 bits per heavy atom. The summed E-state index contributed by atoms with van der Waals surface area (Å²) in [5, 5.41) is 64.2. The molecule has 0 aliphatic carbocycles. The molecule has 1 aliphatic rings. The SMILES string of the molecule is CCOC(=O)[C@@H](NC(=O)[C@H](NC(=O)CCCC(=O)[O-])[C@@H](O)CO)[C@@H](C)O[C@@H]1O[C@@H](C)[C@@H](O)C(O)C1O. The fourth-order valence-corrected chi connectivity index (χ4v) is 3.34. The number of carboxylic acids is 1. The number of hydrogen-bond donors (Lipinski definition) is 7. The van der Waals surface area contributed by atoms with E-state index < -0.39 is 91.8 Å². The summed E-state index contributed by atoms with van der Waals surface area (Å²) in [6, 6.07) is -3.29. The van der Waals surface area contributed by atoms with Crippen molar-refractivity contribution in [1.82, 2.24) is 10.6 Å². The summed E-state index contributed by atoms with van der Waals surface area (Å²) in [5.41, 5.74) is 0. The number of aliphatic hydroxyl groups is 5. The number of hydrogen-bond acceptors (Lipinski definition) is 13. The van der Waals surface area contributed by atoms with Crippen molar-refractivity contribution in [3.05, 3.63) is 0 Å². The largest absolute Gasteiger partial charge is 0.550 e. The third-order valence-electron chi connectivity index (χ3n) is 5.42. The summed E-state index contributed by atoms with van der Waals surface area (Å²) in [6.07, 6.45) is -11.0. The average molecular weight is 524 g/mol. The lowest BCUT2D eigenvalue weighted by Crippen LogP contribution is -2.61. The van der Waals surface area contributed by atoms with Crippen molar-refractivity contribution in [2.45, 2.75) is 95.0 Å². The number of rotatable bonds is 14. The molecule has 2 unspecified atom stereocenters. The Bertz CT molecular complexity index is 751. The second kappa shape index (κ2) is 15.0. The number of ether oxygens (including phenoxy) is 3. The summed E-state index contributed by atoms with van der Waals surface area (Å²) in [6.45, 7) is 3.22. The van der Waals surface area contributed by atoms with E-state index in [0.717, 1.165) is 0 Å². The van der Waals surface area contributed by atoms with E-state index in [1.807, 2.05) is 0 Å². The van der Waals surface area contributed by atoms with Crippen molar-refractivity contribution in [2.24, 2.45) is 0 Å². The number of carbonyl (C=O) groups excluding carboxylic acids is 4. The number of aliphatic hydroxyl groups excluding tert-OH is 5. The molecule has 0 saturated carbocycles. The molecule has 36 heavy (non-hydrogen) atoms. The minimum absolute atomic E-state index is 0.0831. The van der Waals surface area contributed by atoms with Gasteiger partial charge in [0, 0.05) is 12.4 Å². The van der Waals surface area contributed by atoms with E-state index in [0.29, 0.717) is 0 Å². The number of carbonyl (C=O) groups is 4. The molecule has 7 N–H and O–H groups in total. The molecule has 0 aromatic heterocycles. The standard InChI is InChI=1S/C21H36N2O13/c1-4-34-20(33)14(9(2)35-21-18(31)17(30)16(29)10(3)36-21)23-19(32)15(11(25)8-24)22-12(26)6-5-7-13(27)28/h9-11,14-18,21,24-25,29-31H,4-8H2,1-3H3,(H,22,26)(H,23,32)(H,27,28)/p-1/t9-,10+,11+,14+,15-,16-,17?,18?,21-/m1/s1. The third kappa shape index (κ3) is 9.24. The molecule has 0 aromatic carbocycles. The molecule has 2 amide bonds. The second-order valence-corrected chi connectivity index (χ2v) is 8.28. The van der Waals surface area contributed by atoms with Gasteiger partial charge >= 0.3 is 5.97 Å². The van der Waals surface area contributed by atoms with Gasteiger partial charge < -0.3 is 60.3 Å². The first kappa shape index (κ1) is 31.6. The van der Waals surface area contributed by atoms with Crippen molar-refractivity contribution in [2.75, 3.05) is 13.2 Å². The smallest absolute Gasteiger partial charge is 0.331 e. The van der Waals surface area contributed by atoms with Gasteiger partial charge in [-0.2, -0.15) is 0 Å². The number of carboxylic acid groups (broad SMARTS) is 1. The summed E-state index contributed by atoms with van der Waals surface area (Å²) in [5.74, 6) is -4.26. The normalized spacial score (nSPS) is 27.3. The lowest BCUT2D eigenvalue weighted by Gasteiger charge is -2.40. The topological polar surface area (TPSA) is 244 Å². The molecule has 1 rings (SSSR count). The number of esters is 1. The van der Waals surface area contributed by atoms with Crippen molar-refractivity contribution < 1.29 is 64.0 Å². The Labute approximate surface area is 207 Å². The molecule has 0 bridgehead atoms. The van der Waals surface area contributed by atoms with Crippen LogP contribution in [-0.2, 0) is 33.4 Å². The van der Waals surface area contributed by atoms with Gasteiger partial charge in [0.2, 0.25) is 11.8 Å². The van der Waals surface area contributed by atoms with Crippen LogP contribution in [0.3, 0.4) is 0 Å². The average Bonchev–Trinajstić information content (AvgIpc) is 2.82. The summed E-state index contributed by atoms with van der Waals surface area (Å²) in [4.78, 5) is 48.0. The van der Waals surface area contributed by atoms with E-state index in [1.54, 1.807) is 0 Å². The quantitative estimate of drug-likeness (QED) is 0.106. The maximum atomic E-state index is 12.9. The zero-order valence-electron chi connectivity index (χ0n) is 20.2. The van der Waals surface area contributed by atoms with Gasteiger partial charge in [-0.1, -0.05) is 0 Å². The second-order valence-electron chi connectivity index (χ2n) is 8.28. The van der Waals surface area contributed by atoms with E-state index >= 15 is 0 Å². The number of amides is 2. The van der Waals surface area contributed by atoms with Gasteiger partial charge in [0.05, 0.1) is 25.4 Å². The lowest BCUT2D eigenvalue weighted by molar-refractivity contribution is -0.305. The van der Waals surface area contributed by atoms with Gasteiger partial charge in [-0.3, -0.25) is 9.59 Å². The molecule has 9 atom stereocenters. The van der Waals surface area contributed by atoms with E-state index in [4.69, 9.17) is 14.2 Å². The van der Waals surface area contributed by atoms with Crippen molar-refractivity contribution in [1.29, 1.82) is 0 Å². The van der Waals surface area contributed by atoms with Crippen LogP contribution in [0.5, 0.6) is 0 Å². The molecule has 208 valence electrons. The summed E-state index contributed by atoms with van der Waals surface area (Å²) in [7, 11) is 0. The predicted molar refractivity (Wildman–Crippen MR) is 115 cm³/mol. The zero-order valence-corrected chi connectivity index (χ0v) is 20.2. The molecular weight excluding hydrogens is 488 g/mol. The molecule has 1 saturated heterocycles. The summed E-state index contributed by atoms with van der Waals surface area (Å²) < 4.78 is 15.8. The monoisotopic (exact) mass is 523 g/mol. The van der Waals surface area contributed by atoms with Crippen LogP contribution in [0.2, 0.25) is 0 Å². The molecule has 0 spiro atoms. The van der Waals surface area contributed by atoms with Gasteiger partial charge in [-0.05, 0) is 33.6 Å².